The second kappa shape index (κ2) is 7.89. The summed E-state index contributed by atoms with van der Waals surface area (Å²) in [5.74, 6) is -0.100. The molecule has 0 bridgehead atoms. The Kier molecular flexibility index (Phi) is 5.19. The first-order valence-electron chi connectivity index (χ1n) is 10.5. The van der Waals surface area contributed by atoms with Crippen LogP contribution in [0.3, 0.4) is 0 Å². The number of sulfonamides is 1. The van der Waals surface area contributed by atoms with Gasteiger partial charge >= 0.3 is 0 Å². The van der Waals surface area contributed by atoms with Crippen LogP contribution in [0.5, 0.6) is 0 Å². The lowest BCUT2D eigenvalue weighted by molar-refractivity contribution is 0.0690. The van der Waals surface area contributed by atoms with Gasteiger partial charge in [-0.05, 0) is 50.5 Å². The number of aryl methyl sites for hydroxylation is 1. The largest absolute Gasteiger partial charge is 0.335 e. The molecule has 7 nitrogen and oxygen atoms in total. The van der Waals surface area contributed by atoms with Crippen molar-refractivity contribution in [2.75, 3.05) is 26.2 Å². The van der Waals surface area contributed by atoms with Crippen LogP contribution in [0.2, 0.25) is 0 Å². The normalized spacial score (nSPS) is 17.1. The number of amides is 1. The Morgan fingerprint density at radius 3 is 2.42 bits per heavy atom. The van der Waals surface area contributed by atoms with Gasteiger partial charge in [-0.3, -0.25) is 4.79 Å². The van der Waals surface area contributed by atoms with Gasteiger partial charge in [0.1, 0.15) is 4.21 Å². The fourth-order valence-electron chi connectivity index (χ4n) is 4.35. The van der Waals surface area contributed by atoms with E-state index in [1.807, 2.05) is 48.0 Å². The number of carbonyl (C=O) groups is 1. The van der Waals surface area contributed by atoms with Gasteiger partial charge < -0.3 is 4.90 Å². The summed E-state index contributed by atoms with van der Waals surface area (Å²) < 4.78 is 29.5. The molecule has 1 aromatic carbocycles. The van der Waals surface area contributed by atoms with Crippen LogP contribution in [0.15, 0.2) is 46.7 Å². The van der Waals surface area contributed by atoms with Crippen molar-refractivity contribution in [3.63, 3.8) is 0 Å². The third-order valence-corrected chi connectivity index (χ3v) is 9.34. The number of aromatic nitrogens is 2. The Morgan fingerprint density at radius 2 is 1.74 bits per heavy atom. The van der Waals surface area contributed by atoms with Gasteiger partial charge in [-0.1, -0.05) is 18.2 Å². The summed E-state index contributed by atoms with van der Waals surface area (Å²) in [5.41, 5.74) is 3.63. The number of piperazine rings is 1. The summed E-state index contributed by atoms with van der Waals surface area (Å²) >= 11 is 1.28. The van der Waals surface area contributed by atoms with Crippen molar-refractivity contribution in [3.8, 4) is 5.69 Å². The Morgan fingerprint density at radius 1 is 1.00 bits per heavy atom. The van der Waals surface area contributed by atoms with E-state index < -0.39 is 10.0 Å². The molecular formula is C22H24N4O3S2. The third-order valence-electron chi connectivity index (χ3n) is 5.97. The molecular weight excluding hydrogens is 432 g/mol. The van der Waals surface area contributed by atoms with Crippen LogP contribution in [-0.4, -0.2) is 59.5 Å². The van der Waals surface area contributed by atoms with Crippen LogP contribution < -0.4 is 0 Å². The minimum absolute atomic E-state index is 0.100. The standard InChI is InChI=1S/C22H24N4O3S2/c1-16-10-11-20(30-16)31(28,29)25-14-12-24(13-15-25)22(27)21-18-8-5-9-19(18)26(23-21)17-6-3-2-4-7-17/h2-4,6-7,10-11H,5,8-9,12-15H2,1H3. The summed E-state index contributed by atoms with van der Waals surface area (Å²) in [6.45, 7) is 3.23. The average molecular weight is 457 g/mol. The molecule has 1 aliphatic heterocycles. The van der Waals surface area contributed by atoms with Crippen molar-refractivity contribution in [1.82, 2.24) is 19.0 Å². The molecule has 1 fully saturated rings. The van der Waals surface area contributed by atoms with Gasteiger partial charge in [0.05, 0.1) is 5.69 Å². The summed E-state index contributed by atoms with van der Waals surface area (Å²) in [6.07, 6.45) is 2.79. The topological polar surface area (TPSA) is 75.5 Å². The van der Waals surface area contributed by atoms with Crippen LogP contribution in [0.25, 0.3) is 5.69 Å². The molecule has 0 N–H and O–H groups in total. The van der Waals surface area contributed by atoms with Gasteiger partial charge in [0.15, 0.2) is 5.69 Å². The number of carbonyl (C=O) groups excluding carboxylic acids is 1. The SMILES string of the molecule is Cc1ccc(S(=O)(=O)N2CCN(C(=O)c3nn(-c4ccccc4)c4c3CCC4)CC2)s1. The number of rotatable bonds is 4. The van der Waals surface area contributed by atoms with E-state index in [4.69, 9.17) is 5.10 Å². The van der Waals surface area contributed by atoms with Crippen molar-refractivity contribution in [1.29, 1.82) is 0 Å². The number of nitrogens with zero attached hydrogens (tertiary/aromatic N) is 4. The van der Waals surface area contributed by atoms with E-state index in [0.29, 0.717) is 36.1 Å². The zero-order valence-corrected chi connectivity index (χ0v) is 19.0. The number of hydrogen-bond donors (Lipinski definition) is 0. The highest BCUT2D eigenvalue weighted by Gasteiger charge is 2.34. The minimum Gasteiger partial charge on any atom is -0.335 e. The summed E-state index contributed by atoms with van der Waals surface area (Å²) in [7, 11) is -3.50. The fraction of sp³-hybridized carbons (Fsp3) is 0.364. The molecule has 0 saturated carbocycles. The van der Waals surface area contributed by atoms with Crippen LogP contribution in [0.4, 0.5) is 0 Å². The molecule has 0 unspecified atom stereocenters. The highest BCUT2D eigenvalue weighted by Crippen LogP contribution is 2.29. The second-order valence-corrected chi connectivity index (χ2v) is 11.4. The van der Waals surface area contributed by atoms with Crippen LogP contribution in [-0.2, 0) is 22.9 Å². The van der Waals surface area contributed by atoms with Crippen molar-refractivity contribution in [2.24, 2.45) is 0 Å². The van der Waals surface area contributed by atoms with E-state index in [2.05, 4.69) is 0 Å². The van der Waals surface area contributed by atoms with Crippen LogP contribution >= 0.6 is 11.3 Å². The first-order valence-corrected chi connectivity index (χ1v) is 12.7. The quantitative estimate of drug-likeness (QED) is 0.605. The molecule has 0 spiro atoms. The number of thiophene rings is 1. The second-order valence-electron chi connectivity index (χ2n) is 7.94. The molecule has 1 saturated heterocycles. The van der Waals surface area contributed by atoms with Gasteiger partial charge in [0.2, 0.25) is 0 Å². The van der Waals surface area contributed by atoms with E-state index in [9.17, 15) is 13.2 Å². The Labute approximate surface area is 186 Å². The van der Waals surface area contributed by atoms with E-state index in [-0.39, 0.29) is 5.91 Å². The lowest BCUT2D eigenvalue weighted by Gasteiger charge is -2.33. The molecule has 5 rings (SSSR count). The van der Waals surface area contributed by atoms with Gasteiger partial charge in [0.25, 0.3) is 15.9 Å². The molecule has 0 radical (unpaired) electrons. The molecule has 0 atom stereocenters. The summed E-state index contributed by atoms with van der Waals surface area (Å²) in [5, 5.41) is 4.69. The van der Waals surface area contributed by atoms with E-state index >= 15 is 0 Å². The first kappa shape index (κ1) is 20.4. The Balaban J connectivity index is 1.35. The van der Waals surface area contributed by atoms with Crippen LogP contribution in [0.1, 0.15) is 33.0 Å². The van der Waals surface area contributed by atoms with Gasteiger partial charge in [-0.15, -0.1) is 11.3 Å². The summed E-state index contributed by atoms with van der Waals surface area (Å²) in [6, 6.07) is 13.4. The van der Waals surface area contributed by atoms with Gasteiger partial charge in [-0.2, -0.15) is 9.40 Å². The maximum Gasteiger partial charge on any atom is 0.274 e. The number of benzene rings is 1. The monoisotopic (exact) mass is 456 g/mol. The predicted molar refractivity (Wildman–Crippen MR) is 119 cm³/mol. The molecule has 9 heteroatoms. The highest BCUT2D eigenvalue weighted by atomic mass is 32.2. The van der Waals surface area contributed by atoms with Crippen molar-refractivity contribution in [2.45, 2.75) is 30.4 Å². The van der Waals surface area contributed by atoms with Crippen molar-refractivity contribution >= 4 is 27.3 Å². The Hall–Kier alpha value is -2.49. The predicted octanol–water partition coefficient (Wildman–Crippen LogP) is 2.88. The van der Waals surface area contributed by atoms with Crippen molar-refractivity contribution < 1.29 is 13.2 Å². The molecule has 3 aromatic rings. The lowest BCUT2D eigenvalue weighted by atomic mass is 10.1. The van der Waals surface area contributed by atoms with Crippen LogP contribution in [0, 0.1) is 6.92 Å². The first-order chi connectivity index (χ1) is 14.9. The zero-order chi connectivity index (χ0) is 21.6. The fourth-order valence-corrected chi connectivity index (χ4v) is 7.21. The molecule has 1 aliphatic carbocycles. The molecule has 2 aromatic heterocycles. The number of fused-ring (bicyclic) bond motifs is 1. The summed E-state index contributed by atoms with van der Waals surface area (Å²) in [4.78, 5) is 16.0. The smallest absolute Gasteiger partial charge is 0.274 e. The minimum atomic E-state index is -3.50. The zero-order valence-electron chi connectivity index (χ0n) is 17.3. The van der Waals surface area contributed by atoms with E-state index in [1.165, 1.54) is 15.6 Å². The van der Waals surface area contributed by atoms with Crippen molar-refractivity contribution in [3.05, 3.63) is 64.3 Å². The molecule has 3 heterocycles. The number of hydrogen-bond acceptors (Lipinski definition) is 5. The Bertz CT molecular complexity index is 1220. The van der Waals surface area contributed by atoms with Gasteiger partial charge in [0, 0.05) is 42.3 Å². The highest BCUT2D eigenvalue weighted by molar-refractivity contribution is 7.91. The maximum atomic E-state index is 13.3. The molecule has 162 valence electrons. The lowest BCUT2D eigenvalue weighted by Crippen LogP contribution is -2.50. The maximum absolute atomic E-state index is 13.3. The average Bonchev–Trinajstić information content (AvgIpc) is 3.51. The van der Waals surface area contributed by atoms with E-state index in [0.717, 1.165) is 41.1 Å². The molecule has 2 aliphatic rings. The van der Waals surface area contributed by atoms with E-state index in [1.54, 1.807) is 11.0 Å². The molecule has 1 amide bonds. The number of para-hydroxylation sites is 1. The molecule has 31 heavy (non-hydrogen) atoms. The van der Waals surface area contributed by atoms with Gasteiger partial charge in [-0.25, -0.2) is 13.1 Å². The third kappa shape index (κ3) is 3.60.